The van der Waals surface area contributed by atoms with E-state index in [0.29, 0.717) is 11.7 Å². The van der Waals surface area contributed by atoms with Gasteiger partial charge in [0.25, 0.3) is 0 Å². The van der Waals surface area contributed by atoms with Crippen LogP contribution in [0.25, 0.3) is 11.3 Å². The van der Waals surface area contributed by atoms with E-state index < -0.39 is 0 Å². The third-order valence-corrected chi connectivity index (χ3v) is 5.43. The number of para-hydroxylation sites is 2. The first-order chi connectivity index (χ1) is 15.2. The van der Waals surface area contributed by atoms with Gasteiger partial charge in [0.2, 0.25) is 5.13 Å². The summed E-state index contributed by atoms with van der Waals surface area (Å²) >= 11 is 1.49. The van der Waals surface area contributed by atoms with E-state index >= 15 is 0 Å². The summed E-state index contributed by atoms with van der Waals surface area (Å²) in [6.07, 6.45) is 1.74. The standard InChI is InChI=1S/C25H23N3O2S/c1-18-11-13-19(14-12-18)16-30-23-9-5-3-7-20(23)15-26-28-25-27-22(17-31-25)21-8-4-6-10-24(21)29-2/h3-15,17H,16H2,1-2H3,(H,27,28)/b26-15-. The average molecular weight is 430 g/mol. The molecule has 0 unspecified atom stereocenters. The fourth-order valence-electron chi connectivity index (χ4n) is 3.03. The molecule has 0 spiro atoms. The van der Waals surface area contributed by atoms with Crippen LogP contribution in [0.15, 0.2) is 83.3 Å². The monoisotopic (exact) mass is 429 g/mol. The average Bonchev–Trinajstić information content (AvgIpc) is 3.28. The van der Waals surface area contributed by atoms with E-state index in [2.05, 4.69) is 46.7 Å². The van der Waals surface area contributed by atoms with E-state index in [1.807, 2.05) is 53.9 Å². The molecule has 0 amide bonds. The number of aromatic nitrogens is 1. The second-order valence-electron chi connectivity index (χ2n) is 6.92. The third kappa shape index (κ3) is 5.29. The molecule has 1 aromatic heterocycles. The van der Waals surface area contributed by atoms with Crippen molar-refractivity contribution in [3.63, 3.8) is 0 Å². The maximum Gasteiger partial charge on any atom is 0.203 e. The lowest BCUT2D eigenvalue weighted by molar-refractivity contribution is 0.306. The number of aryl methyl sites for hydroxylation is 1. The number of ether oxygens (including phenoxy) is 2. The molecular weight excluding hydrogens is 406 g/mol. The minimum atomic E-state index is 0.507. The summed E-state index contributed by atoms with van der Waals surface area (Å²) in [6.45, 7) is 2.58. The van der Waals surface area contributed by atoms with Gasteiger partial charge in [0.15, 0.2) is 0 Å². The normalized spacial score (nSPS) is 10.9. The van der Waals surface area contributed by atoms with Gasteiger partial charge in [0.05, 0.1) is 19.0 Å². The number of rotatable bonds is 8. The quantitative estimate of drug-likeness (QED) is 0.269. The number of methoxy groups -OCH3 is 1. The first-order valence-corrected chi connectivity index (χ1v) is 10.8. The van der Waals surface area contributed by atoms with Crippen LogP contribution >= 0.6 is 11.3 Å². The topological polar surface area (TPSA) is 55.7 Å². The molecule has 1 heterocycles. The Kier molecular flexibility index (Phi) is 6.59. The predicted octanol–water partition coefficient (Wildman–Crippen LogP) is 6.15. The van der Waals surface area contributed by atoms with Gasteiger partial charge < -0.3 is 9.47 Å². The van der Waals surface area contributed by atoms with Gasteiger partial charge in [0, 0.05) is 16.5 Å². The maximum absolute atomic E-state index is 6.01. The van der Waals surface area contributed by atoms with Gasteiger partial charge in [-0.2, -0.15) is 5.10 Å². The van der Waals surface area contributed by atoms with Gasteiger partial charge in [-0.3, -0.25) is 5.43 Å². The Morgan fingerprint density at radius 3 is 2.52 bits per heavy atom. The number of nitrogens with one attached hydrogen (secondary N) is 1. The van der Waals surface area contributed by atoms with Crippen molar-refractivity contribution in [1.29, 1.82) is 0 Å². The molecule has 5 nitrogen and oxygen atoms in total. The van der Waals surface area contributed by atoms with E-state index in [9.17, 15) is 0 Å². The van der Waals surface area contributed by atoms with Crippen LogP contribution in [0.3, 0.4) is 0 Å². The number of nitrogens with zero attached hydrogens (tertiary/aromatic N) is 2. The summed E-state index contributed by atoms with van der Waals surface area (Å²) in [5.74, 6) is 1.57. The molecule has 6 heteroatoms. The van der Waals surface area contributed by atoms with Crippen LogP contribution in [0.4, 0.5) is 5.13 Å². The SMILES string of the molecule is COc1ccccc1-c1csc(N/N=C\c2ccccc2OCc2ccc(C)cc2)n1. The fraction of sp³-hybridized carbons (Fsp3) is 0.120. The number of hydrogen-bond acceptors (Lipinski definition) is 6. The minimum Gasteiger partial charge on any atom is -0.496 e. The van der Waals surface area contributed by atoms with Crippen molar-refractivity contribution in [1.82, 2.24) is 4.98 Å². The maximum atomic E-state index is 6.01. The Morgan fingerprint density at radius 2 is 1.71 bits per heavy atom. The van der Waals surface area contributed by atoms with Crippen LogP contribution in [0, 0.1) is 6.92 Å². The van der Waals surface area contributed by atoms with Gasteiger partial charge in [-0.1, -0.05) is 54.1 Å². The molecule has 0 atom stereocenters. The molecule has 0 saturated carbocycles. The summed E-state index contributed by atoms with van der Waals surface area (Å²) < 4.78 is 11.4. The highest BCUT2D eigenvalue weighted by atomic mass is 32.1. The zero-order valence-electron chi connectivity index (χ0n) is 17.4. The number of benzene rings is 3. The van der Waals surface area contributed by atoms with Gasteiger partial charge in [-0.05, 0) is 36.8 Å². The molecule has 1 N–H and O–H groups in total. The van der Waals surface area contributed by atoms with Crippen LogP contribution < -0.4 is 14.9 Å². The number of anilines is 1. The van der Waals surface area contributed by atoms with Crippen molar-refractivity contribution in [2.45, 2.75) is 13.5 Å². The van der Waals surface area contributed by atoms with Crippen molar-refractivity contribution in [2.75, 3.05) is 12.5 Å². The van der Waals surface area contributed by atoms with Crippen LogP contribution in [-0.2, 0) is 6.61 Å². The van der Waals surface area contributed by atoms with E-state index in [1.165, 1.54) is 16.9 Å². The van der Waals surface area contributed by atoms with Gasteiger partial charge in [-0.15, -0.1) is 11.3 Å². The lowest BCUT2D eigenvalue weighted by atomic mass is 10.1. The predicted molar refractivity (Wildman–Crippen MR) is 127 cm³/mol. The highest BCUT2D eigenvalue weighted by molar-refractivity contribution is 7.14. The molecule has 0 aliphatic rings. The van der Waals surface area contributed by atoms with E-state index in [4.69, 9.17) is 9.47 Å². The van der Waals surface area contributed by atoms with Crippen molar-refractivity contribution in [3.8, 4) is 22.8 Å². The number of hydrazone groups is 1. The molecule has 3 aromatic carbocycles. The molecule has 0 aliphatic carbocycles. The molecule has 0 aliphatic heterocycles. The zero-order chi connectivity index (χ0) is 21.5. The summed E-state index contributed by atoms with van der Waals surface area (Å²) in [5.41, 5.74) is 8.06. The Morgan fingerprint density at radius 1 is 0.968 bits per heavy atom. The minimum absolute atomic E-state index is 0.507. The van der Waals surface area contributed by atoms with Crippen LogP contribution in [0.1, 0.15) is 16.7 Å². The van der Waals surface area contributed by atoms with E-state index in [-0.39, 0.29) is 0 Å². The molecule has 31 heavy (non-hydrogen) atoms. The van der Waals surface area contributed by atoms with Gasteiger partial charge >= 0.3 is 0 Å². The zero-order valence-corrected chi connectivity index (χ0v) is 18.2. The number of hydrogen-bond donors (Lipinski definition) is 1. The van der Waals surface area contributed by atoms with Gasteiger partial charge in [-0.25, -0.2) is 4.98 Å². The van der Waals surface area contributed by atoms with Crippen LogP contribution in [0.2, 0.25) is 0 Å². The lowest BCUT2D eigenvalue weighted by Crippen LogP contribution is -1.99. The first kappa shape index (κ1) is 20.6. The number of thiazole rings is 1. The Balaban J connectivity index is 1.42. The fourth-order valence-corrected chi connectivity index (χ4v) is 3.69. The molecule has 0 bridgehead atoms. The Labute approximate surface area is 186 Å². The van der Waals surface area contributed by atoms with Crippen molar-refractivity contribution >= 4 is 22.7 Å². The molecule has 4 rings (SSSR count). The lowest BCUT2D eigenvalue weighted by Gasteiger charge is -2.09. The van der Waals surface area contributed by atoms with Crippen molar-refractivity contribution in [2.24, 2.45) is 5.10 Å². The molecule has 0 fully saturated rings. The van der Waals surface area contributed by atoms with E-state index in [1.54, 1.807) is 13.3 Å². The summed E-state index contributed by atoms with van der Waals surface area (Å²) in [6, 6.07) is 24.0. The van der Waals surface area contributed by atoms with Gasteiger partial charge in [0.1, 0.15) is 18.1 Å². The highest BCUT2D eigenvalue weighted by Gasteiger charge is 2.09. The molecule has 4 aromatic rings. The highest BCUT2D eigenvalue weighted by Crippen LogP contribution is 2.31. The molecular formula is C25H23N3O2S. The summed E-state index contributed by atoms with van der Waals surface area (Å²) in [7, 11) is 1.66. The summed E-state index contributed by atoms with van der Waals surface area (Å²) in [4.78, 5) is 4.61. The van der Waals surface area contributed by atoms with Crippen molar-refractivity contribution in [3.05, 3.63) is 94.9 Å². The Bertz CT molecular complexity index is 1170. The molecule has 0 radical (unpaired) electrons. The second kappa shape index (κ2) is 9.91. The van der Waals surface area contributed by atoms with E-state index in [0.717, 1.165) is 33.9 Å². The smallest absolute Gasteiger partial charge is 0.203 e. The second-order valence-corrected chi connectivity index (χ2v) is 7.78. The third-order valence-electron chi connectivity index (χ3n) is 4.68. The molecule has 0 saturated heterocycles. The van der Waals surface area contributed by atoms with Crippen molar-refractivity contribution < 1.29 is 9.47 Å². The summed E-state index contributed by atoms with van der Waals surface area (Å²) in [5, 5.41) is 7.03. The first-order valence-electron chi connectivity index (χ1n) is 9.88. The Hall–Kier alpha value is -3.64. The molecule has 156 valence electrons. The largest absolute Gasteiger partial charge is 0.496 e. The van der Waals surface area contributed by atoms with Crippen LogP contribution in [-0.4, -0.2) is 18.3 Å². The van der Waals surface area contributed by atoms with Crippen LogP contribution in [0.5, 0.6) is 11.5 Å².